The molecule has 2 aliphatic rings. The first-order chi connectivity index (χ1) is 14.5. The molecule has 1 aromatic rings. The number of hydrogen-bond donors (Lipinski definition) is 2. The summed E-state index contributed by atoms with van der Waals surface area (Å²) in [6.07, 6.45) is 2.82. The molecular weight excluding hydrogens is 512 g/mol. The number of carbonyl (C=O) groups is 1. The minimum absolute atomic E-state index is 0. The number of rotatable bonds is 6. The third-order valence-corrected chi connectivity index (χ3v) is 5.86. The number of amides is 1. The average molecular weight is 547 g/mol. The molecule has 3 atom stereocenters. The zero-order valence-corrected chi connectivity index (χ0v) is 20.8. The molecule has 3 N–H and O–H groups in total. The Morgan fingerprint density at radius 3 is 2.71 bits per heavy atom. The fourth-order valence-electron chi connectivity index (χ4n) is 4.31. The minimum Gasteiger partial charge on any atom is -0.369 e. The Hall–Kier alpha value is -1.46. The van der Waals surface area contributed by atoms with Gasteiger partial charge >= 0.3 is 0 Å². The number of benzene rings is 1. The molecule has 0 aliphatic carbocycles. The summed E-state index contributed by atoms with van der Waals surface area (Å²) in [6.45, 7) is 7.00. The van der Waals surface area contributed by atoms with Gasteiger partial charge in [-0.25, -0.2) is 4.39 Å². The number of aliphatic imine (C=N–C) groups is 1. The number of guanidine groups is 1. The van der Waals surface area contributed by atoms with Crippen LogP contribution in [0.25, 0.3) is 0 Å². The lowest BCUT2D eigenvalue weighted by molar-refractivity contribution is -0.123. The number of morpholine rings is 1. The van der Waals surface area contributed by atoms with Crippen molar-refractivity contribution in [1.29, 1.82) is 0 Å². The Bertz CT molecular complexity index is 733. The number of piperidine rings is 1. The van der Waals surface area contributed by atoms with E-state index in [1.54, 1.807) is 19.2 Å². The van der Waals surface area contributed by atoms with E-state index in [9.17, 15) is 9.18 Å². The van der Waals surface area contributed by atoms with E-state index in [0.717, 1.165) is 63.5 Å². The third kappa shape index (κ3) is 7.57. The van der Waals surface area contributed by atoms with Crippen molar-refractivity contribution < 1.29 is 13.9 Å². The summed E-state index contributed by atoms with van der Waals surface area (Å²) in [4.78, 5) is 20.4. The molecule has 0 spiro atoms. The van der Waals surface area contributed by atoms with E-state index >= 15 is 0 Å². The van der Waals surface area contributed by atoms with Gasteiger partial charge in [-0.1, -0.05) is 12.1 Å². The predicted molar refractivity (Wildman–Crippen MR) is 131 cm³/mol. The van der Waals surface area contributed by atoms with Crippen LogP contribution in [-0.2, 0) is 9.53 Å². The maximum atomic E-state index is 13.3. The number of primary amides is 1. The highest BCUT2D eigenvalue weighted by Crippen LogP contribution is 2.25. The van der Waals surface area contributed by atoms with E-state index in [-0.39, 0.29) is 53.8 Å². The number of likely N-dealkylation sites (tertiary alicyclic amines) is 1. The van der Waals surface area contributed by atoms with E-state index in [0.29, 0.717) is 6.54 Å². The van der Waals surface area contributed by atoms with E-state index in [2.05, 4.69) is 20.1 Å². The smallest absolute Gasteiger partial charge is 0.221 e. The Morgan fingerprint density at radius 1 is 1.29 bits per heavy atom. The molecule has 0 aromatic heterocycles. The number of hydrogen-bond acceptors (Lipinski definition) is 4. The SMILES string of the molecule is CN=C(NCCCN1CCCC(C(N)=O)C1)N1CC(C)OC(c2ccc(F)cc2)C1.I. The topological polar surface area (TPSA) is 83.2 Å². The van der Waals surface area contributed by atoms with Crippen molar-refractivity contribution in [3.63, 3.8) is 0 Å². The summed E-state index contributed by atoms with van der Waals surface area (Å²) in [6, 6.07) is 6.51. The van der Waals surface area contributed by atoms with Crippen molar-refractivity contribution in [3.8, 4) is 0 Å². The van der Waals surface area contributed by atoms with Gasteiger partial charge in [0.1, 0.15) is 11.9 Å². The highest BCUT2D eigenvalue weighted by molar-refractivity contribution is 14.0. The van der Waals surface area contributed by atoms with Gasteiger partial charge in [0.25, 0.3) is 0 Å². The number of ether oxygens (including phenoxy) is 1. The second-order valence-corrected chi connectivity index (χ2v) is 8.26. The second-order valence-electron chi connectivity index (χ2n) is 8.26. The van der Waals surface area contributed by atoms with Gasteiger partial charge in [0, 0.05) is 26.7 Å². The second kappa shape index (κ2) is 12.5. The van der Waals surface area contributed by atoms with Crippen LogP contribution in [-0.4, -0.2) is 74.1 Å². The summed E-state index contributed by atoms with van der Waals surface area (Å²) >= 11 is 0. The molecule has 2 aliphatic heterocycles. The molecule has 174 valence electrons. The highest BCUT2D eigenvalue weighted by Gasteiger charge is 2.28. The van der Waals surface area contributed by atoms with Crippen LogP contribution in [0.4, 0.5) is 4.39 Å². The molecule has 2 saturated heterocycles. The largest absolute Gasteiger partial charge is 0.369 e. The molecule has 3 rings (SSSR count). The van der Waals surface area contributed by atoms with Gasteiger partial charge in [-0.05, 0) is 57.0 Å². The summed E-state index contributed by atoms with van der Waals surface area (Å²) in [5.74, 6) is 0.409. The van der Waals surface area contributed by atoms with Crippen molar-refractivity contribution >= 4 is 35.8 Å². The standard InChI is InChI=1S/C22H34FN5O2.HI/c1-16-13-28(15-20(30-16)17-6-8-19(23)9-7-17)22(25-2)26-10-4-12-27-11-3-5-18(14-27)21(24)29;/h6-9,16,18,20H,3-5,10-15H2,1-2H3,(H2,24,29)(H,25,26);1H. The third-order valence-electron chi connectivity index (χ3n) is 5.86. The van der Waals surface area contributed by atoms with Gasteiger partial charge in [-0.2, -0.15) is 0 Å². The molecular formula is C22H35FIN5O2. The van der Waals surface area contributed by atoms with Gasteiger partial charge in [-0.3, -0.25) is 9.79 Å². The molecule has 1 amide bonds. The fraction of sp³-hybridized carbons (Fsp3) is 0.636. The van der Waals surface area contributed by atoms with Crippen LogP contribution in [0.3, 0.4) is 0 Å². The normalized spacial score (nSPS) is 25.1. The molecule has 0 bridgehead atoms. The highest BCUT2D eigenvalue weighted by atomic mass is 127. The van der Waals surface area contributed by atoms with E-state index in [4.69, 9.17) is 10.5 Å². The molecule has 7 nitrogen and oxygen atoms in total. The van der Waals surface area contributed by atoms with Crippen LogP contribution in [0.5, 0.6) is 0 Å². The summed E-state index contributed by atoms with van der Waals surface area (Å²) in [7, 11) is 1.79. The van der Waals surface area contributed by atoms with Crippen molar-refractivity contribution in [1.82, 2.24) is 15.1 Å². The monoisotopic (exact) mass is 547 g/mol. The minimum atomic E-state index is -0.243. The molecule has 1 aromatic carbocycles. The van der Waals surface area contributed by atoms with Gasteiger partial charge < -0.3 is 25.6 Å². The molecule has 2 heterocycles. The van der Waals surface area contributed by atoms with Crippen molar-refractivity contribution in [2.75, 3.05) is 46.3 Å². The van der Waals surface area contributed by atoms with Crippen LogP contribution < -0.4 is 11.1 Å². The fourth-order valence-corrected chi connectivity index (χ4v) is 4.31. The molecule has 2 fully saturated rings. The maximum absolute atomic E-state index is 13.3. The summed E-state index contributed by atoms with van der Waals surface area (Å²) in [5, 5.41) is 3.46. The van der Waals surface area contributed by atoms with E-state index in [1.807, 2.05) is 6.92 Å². The predicted octanol–water partition coefficient (Wildman–Crippen LogP) is 2.37. The molecule has 0 saturated carbocycles. The molecule has 9 heteroatoms. The van der Waals surface area contributed by atoms with E-state index in [1.165, 1.54) is 12.1 Å². The lowest BCUT2D eigenvalue weighted by Gasteiger charge is -2.38. The van der Waals surface area contributed by atoms with Crippen molar-refractivity contribution in [2.24, 2.45) is 16.6 Å². The first kappa shape index (κ1) is 25.8. The number of carbonyl (C=O) groups excluding carboxylic acids is 1. The van der Waals surface area contributed by atoms with E-state index < -0.39 is 0 Å². The van der Waals surface area contributed by atoms with Crippen LogP contribution in [0.15, 0.2) is 29.3 Å². The van der Waals surface area contributed by atoms with Gasteiger partial charge in [0.15, 0.2) is 5.96 Å². The summed E-state index contributed by atoms with van der Waals surface area (Å²) < 4.78 is 19.3. The van der Waals surface area contributed by atoms with Crippen LogP contribution in [0.1, 0.15) is 37.9 Å². The molecule has 31 heavy (non-hydrogen) atoms. The zero-order valence-electron chi connectivity index (χ0n) is 18.4. The lowest BCUT2D eigenvalue weighted by Crippen LogP contribution is -2.51. The molecule has 3 unspecified atom stereocenters. The quantitative estimate of drug-likeness (QED) is 0.248. The Labute approximate surface area is 201 Å². The van der Waals surface area contributed by atoms with Crippen LogP contribution >= 0.6 is 24.0 Å². The lowest BCUT2D eigenvalue weighted by atomic mass is 9.97. The molecule has 0 radical (unpaired) electrons. The Kier molecular flexibility index (Phi) is 10.4. The number of nitrogens with one attached hydrogen (secondary N) is 1. The summed E-state index contributed by atoms with van der Waals surface area (Å²) in [5.41, 5.74) is 6.44. The van der Waals surface area contributed by atoms with Crippen LogP contribution in [0.2, 0.25) is 0 Å². The van der Waals surface area contributed by atoms with Gasteiger partial charge in [0.05, 0.1) is 18.6 Å². The first-order valence-electron chi connectivity index (χ1n) is 10.8. The van der Waals surface area contributed by atoms with Gasteiger partial charge in [-0.15, -0.1) is 24.0 Å². The zero-order chi connectivity index (χ0) is 21.5. The van der Waals surface area contributed by atoms with Gasteiger partial charge in [0.2, 0.25) is 5.91 Å². The number of nitrogens with zero attached hydrogens (tertiary/aromatic N) is 3. The first-order valence-corrected chi connectivity index (χ1v) is 10.8. The maximum Gasteiger partial charge on any atom is 0.221 e. The van der Waals surface area contributed by atoms with Crippen molar-refractivity contribution in [3.05, 3.63) is 35.6 Å². The number of halogens is 2. The van der Waals surface area contributed by atoms with Crippen LogP contribution in [0, 0.1) is 11.7 Å². The average Bonchev–Trinajstić information content (AvgIpc) is 2.74. The van der Waals surface area contributed by atoms with Crippen molar-refractivity contribution in [2.45, 2.75) is 38.4 Å². The Balaban J connectivity index is 0.00000341. The number of nitrogens with two attached hydrogens (primary N) is 1. The Morgan fingerprint density at radius 2 is 2.03 bits per heavy atom.